The quantitative estimate of drug-likeness (QED) is 0.872. The molecule has 98 valence electrons. The van der Waals surface area contributed by atoms with Crippen LogP contribution in [-0.4, -0.2) is 48.3 Å². The molecule has 1 unspecified atom stereocenters. The van der Waals surface area contributed by atoms with Gasteiger partial charge in [0.2, 0.25) is 0 Å². The number of aliphatic hydroxyl groups excluding tert-OH is 1. The van der Waals surface area contributed by atoms with Gasteiger partial charge in [0.15, 0.2) is 0 Å². The van der Waals surface area contributed by atoms with Crippen LogP contribution in [0.25, 0.3) is 0 Å². The third-order valence-corrected chi connectivity index (χ3v) is 4.81. The second-order valence-electron chi connectivity index (χ2n) is 4.84. The second-order valence-corrected chi connectivity index (χ2v) is 5.98. The fraction of sp³-hybridized carbons (Fsp3) is 0.615. The average Bonchev–Trinajstić information content (AvgIpc) is 2.98. The van der Waals surface area contributed by atoms with E-state index < -0.39 is 0 Å². The SMILES string of the molecule is O=C(c1cc2c(s1)CCC2)N1CCOC(CO)C1. The molecular formula is C13H17NO3S. The molecule has 18 heavy (non-hydrogen) atoms. The van der Waals surface area contributed by atoms with Gasteiger partial charge < -0.3 is 14.7 Å². The van der Waals surface area contributed by atoms with Crippen LogP contribution in [0.4, 0.5) is 0 Å². The summed E-state index contributed by atoms with van der Waals surface area (Å²) in [4.78, 5) is 16.4. The molecule has 1 aliphatic carbocycles. The van der Waals surface area contributed by atoms with Crippen molar-refractivity contribution in [2.24, 2.45) is 0 Å². The van der Waals surface area contributed by atoms with Crippen molar-refractivity contribution in [2.45, 2.75) is 25.4 Å². The zero-order valence-electron chi connectivity index (χ0n) is 10.2. The molecule has 1 fully saturated rings. The van der Waals surface area contributed by atoms with Crippen molar-refractivity contribution in [2.75, 3.05) is 26.3 Å². The molecular weight excluding hydrogens is 250 g/mol. The molecule has 3 rings (SSSR count). The molecule has 1 saturated heterocycles. The lowest BCUT2D eigenvalue weighted by Gasteiger charge is -2.31. The molecule has 0 radical (unpaired) electrons. The summed E-state index contributed by atoms with van der Waals surface area (Å²) in [5, 5.41) is 9.10. The fourth-order valence-electron chi connectivity index (χ4n) is 2.60. The standard InChI is InChI=1S/C13H17NO3S/c15-8-10-7-14(4-5-17-10)13(16)12-6-9-2-1-3-11(9)18-12/h6,10,15H,1-5,7-8H2. The van der Waals surface area contributed by atoms with Gasteiger partial charge in [-0.1, -0.05) is 0 Å². The van der Waals surface area contributed by atoms with E-state index >= 15 is 0 Å². The first-order chi connectivity index (χ1) is 8.78. The van der Waals surface area contributed by atoms with Gasteiger partial charge >= 0.3 is 0 Å². The Hall–Kier alpha value is -0.910. The van der Waals surface area contributed by atoms with Crippen LogP contribution in [0.2, 0.25) is 0 Å². The normalized spacial score (nSPS) is 23.2. The zero-order chi connectivity index (χ0) is 12.5. The Labute approximate surface area is 110 Å². The molecule has 0 spiro atoms. The van der Waals surface area contributed by atoms with Crippen molar-refractivity contribution in [1.82, 2.24) is 4.90 Å². The topological polar surface area (TPSA) is 49.8 Å². The monoisotopic (exact) mass is 267 g/mol. The van der Waals surface area contributed by atoms with E-state index in [0.717, 1.165) is 17.7 Å². The van der Waals surface area contributed by atoms with Crippen LogP contribution in [0.3, 0.4) is 0 Å². The van der Waals surface area contributed by atoms with Crippen LogP contribution in [0.15, 0.2) is 6.07 Å². The van der Waals surface area contributed by atoms with Gasteiger partial charge in [-0.25, -0.2) is 0 Å². The molecule has 0 bridgehead atoms. The maximum atomic E-state index is 12.4. The van der Waals surface area contributed by atoms with E-state index in [1.54, 1.807) is 16.2 Å². The van der Waals surface area contributed by atoms with Crippen LogP contribution < -0.4 is 0 Å². The highest BCUT2D eigenvalue weighted by Gasteiger charge is 2.27. The van der Waals surface area contributed by atoms with Crippen LogP contribution >= 0.6 is 11.3 Å². The molecule has 2 heterocycles. The summed E-state index contributed by atoms with van der Waals surface area (Å²) in [7, 11) is 0. The Kier molecular flexibility index (Phi) is 3.37. The lowest BCUT2D eigenvalue weighted by Crippen LogP contribution is -2.46. The third-order valence-electron chi connectivity index (χ3n) is 3.59. The summed E-state index contributed by atoms with van der Waals surface area (Å²) in [6.45, 7) is 1.61. The second kappa shape index (κ2) is 4.99. The number of aliphatic hydroxyl groups is 1. The first-order valence-electron chi connectivity index (χ1n) is 6.41. The molecule has 2 aliphatic rings. The smallest absolute Gasteiger partial charge is 0.264 e. The molecule has 0 aromatic carbocycles. The first-order valence-corrected chi connectivity index (χ1v) is 7.23. The highest BCUT2D eigenvalue weighted by molar-refractivity contribution is 7.14. The average molecular weight is 267 g/mol. The number of hydrogen-bond donors (Lipinski definition) is 1. The molecule has 0 saturated carbocycles. The van der Waals surface area contributed by atoms with E-state index in [1.165, 1.54) is 16.9 Å². The Balaban J connectivity index is 1.73. The van der Waals surface area contributed by atoms with E-state index in [1.807, 2.05) is 0 Å². The van der Waals surface area contributed by atoms with E-state index in [2.05, 4.69) is 6.07 Å². The number of ether oxygens (including phenoxy) is 1. The Morgan fingerprint density at radius 3 is 3.22 bits per heavy atom. The number of carbonyl (C=O) groups excluding carboxylic acids is 1. The molecule has 1 atom stereocenters. The van der Waals surface area contributed by atoms with E-state index in [-0.39, 0.29) is 18.6 Å². The van der Waals surface area contributed by atoms with Gasteiger partial charge in [0.25, 0.3) is 5.91 Å². The van der Waals surface area contributed by atoms with Gasteiger partial charge in [-0.15, -0.1) is 11.3 Å². The van der Waals surface area contributed by atoms with Gasteiger partial charge in [-0.3, -0.25) is 4.79 Å². The predicted molar refractivity (Wildman–Crippen MR) is 69.1 cm³/mol. The van der Waals surface area contributed by atoms with Crippen molar-refractivity contribution in [3.8, 4) is 0 Å². The molecule has 1 aromatic rings. The summed E-state index contributed by atoms with van der Waals surface area (Å²) in [6.07, 6.45) is 3.23. The number of aryl methyl sites for hydroxylation is 2. The van der Waals surface area contributed by atoms with Gasteiger partial charge in [0, 0.05) is 18.0 Å². The van der Waals surface area contributed by atoms with Gasteiger partial charge in [0.05, 0.1) is 24.2 Å². The van der Waals surface area contributed by atoms with Crippen molar-refractivity contribution in [1.29, 1.82) is 0 Å². The van der Waals surface area contributed by atoms with Crippen LogP contribution in [0, 0.1) is 0 Å². The Morgan fingerprint density at radius 2 is 2.44 bits per heavy atom. The number of thiophene rings is 1. The fourth-order valence-corrected chi connectivity index (χ4v) is 3.83. The summed E-state index contributed by atoms with van der Waals surface area (Å²) < 4.78 is 5.36. The van der Waals surface area contributed by atoms with Crippen molar-refractivity contribution in [3.05, 3.63) is 21.4 Å². The van der Waals surface area contributed by atoms with Crippen LogP contribution in [-0.2, 0) is 17.6 Å². The first kappa shape index (κ1) is 12.1. The zero-order valence-corrected chi connectivity index (χ0v) is 11.0. The summed E-state index contributed by atoms with van der Waals surface area (Å²) in [5.74, 6) is 0.0937. The summed E-state index contributed by atoms with van der Waals surface area (Å²) in [5.41, 5.74) is 1.36. The lowest BCUT2D eigenvalue weighted by atomic mass is 10.2. The minimum Gasteiger partial charge on any atom is -0.394 e. The Morgan fingerprint density at radius 1 is 1.56 bits per heavy atom. The number of carbonyl (C=O) groups is 1. The maximum absolute atomic E-state index is 12.4. The number of morpholine rings is 1. The van der Waals surface area contributed by atoms with Gasteiger partial charge in [0.1, 0.15) is 0 Å². The minimum absolute atomic E-state index is 0.0231. The minimum atomic E-state index is -0.227. The number of amides is 1. The maximum Gasteiger partial charge on any atom is 0.264 e. The highest BCUT2D eigenvalue weighted by atomic mass is 32.1. The van der Waals surface area contributed by atoms with Crippen molar-refractivity contribution in [3.63, 3.8) is 0 Å². The van der Waals surface area contributed by atoms with Crippen LogP contribution in [0.1, 0.15) is 26.5 Å². The number of nitrogens with zero attached hydrogens (tertiary/aromatic N) is 1. The lowest BCUT2D eigenvalue weighted by molar-refractivity contribution is -0.0446. The largest absolute Gasteiger partial charge is 0.394 e. The van der Waals surface area contributed by atoms with E-state index in [9.17, 15) is 4.79 Å². The summed E-state index contributed by atoms with van der Waals surface area (Å²) >= 11 is 1.64. The van der Waals surface area contributed by atoms with Crippen LogP contribution in [0.5, 0.6) is 0 Å². The number of rotatable bonds is 2. The van der Waals surface area contributed by atoms with Crippen molar-refractivity contribution >= 4 is 17.2 Å². The summed E-state index contributed by atoms with van der Waals surface area (Å²) in [6, 6.07) is 2.05. The van der Waals surface area contributed by atoms with Crippen molar-refractivity contribution < 1.29 is 14.6 Å². The highest BCUT2D eigenvalue weighted by Crippen LogP contribution is 2.31. The third kappa shape index (κ3) is 2.18. The molecule has 5 heteroatoms. The molecule has 1 aromatic heterocycles. The van der Waals surface area contributed by atoms with E-state index in [4.69, 9.17) is 9.84 Å². The molecule has 1 N–H and O–H groups in total. The number of hydrogen-bond acceptors (Lipinski definition) is 4. The van der Waals surface area contributed by atoms with Gasteiger partial charge in [-0.2, -0.15) is 0 Å². The number of fused-ring (bicyclic) bond motifs is 1. The van der Waals surface area contributed by atoms with Gasteiger partial charge in [-0.05, 0) is 30.9 Å². The Bertz CT molecular complexity index is 436. The molecule has 1 amide bonds. The molecule has 1 aliphatic heterocycles. The molecule has 4 nitrogen and oxygen atoms in total. The van der Waals surface area contributed by atoms with E-state index in [0.29, 0.717) is 19.7 Å². The predicted octanol–water partition coefficient (Wildman–Crippen LogP) is 1.07.